The lowest BCUT2D eigenvalue weighted by Gasteiger charge is -2.05. The van der Waals surface area contributed by atoms with E-state index in [1.165, 1.54) is 12.4 Å². The number of aromatic nitrogens is 1. The van der Waals surface area contributed by atoms with Gasteiger partial charge in [-0.3, -0.25) is 15.1 Å². The summed E-state index contributed by atoms with van der Waals surface area (Å²) in [4.78, 5) is 13.9. The van der Waals surface area contributed by atoms with Crippen molar-refractivity contribution in [3.63, 3.8) is 0 Å². The molecule has 0 N–H and O–H groups in total. The number of halogens is 1. The van der Waals surface area contributed by atoms with Crippen LogP contribution in [0.15, 0.2) is 16.9 Å². The molecule has 14 heavy (non-hydrogen) atoms. The first-order chi connectivity index (χ1) is 6.68. The van der Waals surface area contributed by atoms with E-state index in [4.69, 9.17) is 4.74 Å². The van der Waals surface area contributed by atoms with Crippen molar-refractivity contribution in [3.05, 3.63) is 27.0 Å². The van der Waals surface area contributed by atoms with Crippen molar-refractivity contribution in [1.82, 2.24) is 4.98 Å². The quantitative estimate of drug-likeness (QED) is 0.617. The van der Waals surface area contributed by atoms with Crippen LogP contribution in [0.5, 0.6) is 5.75 Å². The fraction of sp³-hybridized carbons (Fsp3) is 0.375. The summed E-state index contributed by atoms with van der Waals surface area (Å²) in [6.45, 7) is 0. The number of nitrogens with zero attached hydrogens (tertiary/aromatic N) is 2. The van der Waals surface area contributed by atoms with E-state index in [0.717, 1.165) is 12.8 Å². The molecule has 0 saturated heterocycles. The number of hydrogen-bond acceptors (Lipinski definition) is 4. The first-order valence-electron chi connectivity index (χ1n) is 4.13. The van der Waals surface area contributed by atoms with Crippen molar-refractivity contribution < 1.29 is 9.66 Å². The van der Waals surface area contributed by atoms with E-state index in [1.54, 1.807) is 0 Å². The van der Waals surface area contributed by atoms with Gasteiger partial charge >= 0.3 is 5.69 Å². The zero-order valence-electron chi connectivity index (χ0n) is 7.14. The Bertz CT molecular complexity index is 379. The van der Waals surface area contributed by atoms with Gasteiger partial charge in [-0.05, 0) is 28.8 Å². The van der Waals surface area contributed by atoms with Crippen LogP contribution in [0.3, 0.4) is 0 Å². The topological polar surface area (TPSA) is 65.3 Å². The molecule has 0 atom stereocenters. The summed E-state index contributed by atoms with van der Waals surface area (Å²) in [5.41, 5.74) is -0.0914. The molecule has 0 bridgehead atoms. The van der Waals surface area contributed by atoms with Crippen LogP contribution >= 0.6 is 15.9 Å². The SMILES string of the molecule is O=[N+]([O-])c1cncc(Br)c1OC1CC1. The molecule has 1 heterocycles. The second-order valence-electron chi connectivity index (χ2n) is 3.04. The maximum Gasteiger partial charge on any atom is 0.330 e. The van der Waals surface area contributed by atoms with Crippen LogP contribution in [-0.4, -0.2) is 16.0 Å². The minimum absolute atomic E-state index is 0.0914. The van der Waals surface area contributed by atoms with Gasteiger partial charge in [-0.15, -0.1) is 0 Å². The minimum Gasteiger partial charge on any atom is -0.483 e. The highest BCUT2D eigenvalue weighted by atomic mass is 79.9. The van der Waals surface area contributed by atoms with Gasteiger partial charge in [-0.1, -0.05) is 0 Å². The largest absolute Gasteiger partial charge is 0.483 e. The van der Waals surface area contributed by atoms with Crippen LogP contribution in [0.4, 0.5) is 5.69 Å². The summed E-state index contributed by atoms with van der Waals surface area (Å²) in [6, 6.07) is 0. The molecule has 0 aliphatic heterocycles. The summed E-state index contributed by atoms with van der Waals surface area (Å²) in [5, 5.41) is 10.6. The zero-order valence-corrected chi connectivity index (χ0v) is 8.73. The number of nitro groups is 1. The molecule has 1 saturated carbocycles. The summed E-state index contributed by atoms with van der Waals surface area (Å²) in [7, 11) is 0. The van der Waals surface area contributed by atoms with E-state index in [9.17, 15) is 10.1 Å². The van der Waals surface area contributed by atoms with Gasteiger partial charge in [0.2, 0.25) is 5.75 Å². The molecule has 0 aromatic carbocycles. The van der Waals surface area contributed by atoms with Crippen LogP contribution in [0.2, 0.25) is 0 Å². The standard InChI is InChI=1S/C8H7BrN2O3/c9-6-3-10-4-7(11(12)13)8(6)14-5-1-2-5/h3-5H,1-2H2. The lowest BCUT2D eigenvalue weighted by atomic mass is 10.4. The van der Waals surface area contributed by atoms with Gasteiger partial charge in [-0.2, -0.15) is 0 Å². The third-order valence-corrected chi connectivity index (χ3v) is 2.40. The molecule has 0 unspecified atom stereocenters. The summed E-state index contributed by atoms with van der Waals surface area (Å²) < 4.78 is 5.95. The molecule has 2 rings (SSSR count). The Balaban J connectivity index is 2.36. The molecule has 0 spiro atoms. The van der Waals surface area contributed by atoms with Crippen LogP contribution in [0, 0.1) is 10.1 Å². The predicted molar refractivity (Wildman–Crippen MR) is 52.2 cm³/mol. The molecule has 1 aromatic rings. The summed E-state index contributed by atoms with van der Waals surface area (Å²) in [5.74, 6) is 0.285. The van der Waals surface area contributed by atoms with Crippen LogP contribution in [-0.2, 0) is 0 Å². The van der Waals surface area contributed by atoms with E-state index in [2.05, 4.69) is 20.9 Å². The van der Waals surface area contributed by atoms with Gasteiger partial charge in [0.1, 0.15) is 6.20 Å². The lowest BCUT2D eigenvalue weighted by molar-refractivity contribution is -0.386. The average Bonchev–Trinajstić information content (AvgIpc) is 2.91. The Morgan fingerprint density at radius 1 is 1.57 bits per heavy atom. The number of hydrogen-bond donors (Lipinski definition) is 0. The van der Waals surface area contributed by atoms with Gasteiger partial charge in [0, 0.05) is 6.20 Å². The normalized spacial score (nSPS) is 15.2. The highest BCUT2D eigenvalue weighted by molar-refractivity contribution is 9.10. The fourth-order valence-corrected chi connectivity index (χ4v) is 1.43. The summed E-state index contributed by atoms with van der Waals surface area (Å²) in [6.07, 6.45) is 4.75. The first-order valence-corrected chi connectivity index (χ1v) is 4.92. The average molecular weight is 259 g/mol. The van der Waals surface area contributed by atoms with E-state index in [0.29, 0.717) is 4.47 Å². The number of ether oxygens (including phenoxy) is 1. The Kier molecular flexibility index (Phi) is 2.37. The second kappa shape index (κ2) is 3.53. The molecule has 1 aliphatic carbocycles. The fourth-order valence-electron chi connectivity index (χ4n) is 1.01. The van der Waals surface area contributed by atoms with E-state index >= 15 is 0 Å². The van der Waals surface area contributed by atoms with E-state index < -0.39 is 4.92 Å². The maximum atomic E-state index is 10.6. The molecule has 0 radical (unpaired) electrons. The molecule has 0 amide bonds. The van der Waals surface area contributed by atoms with Crippen molar-refractivity contribution in [2.24, 2.45) is 0 Å². The van der Waals surface area contributed by atoms with Crippen molar-refractivity contribution in [2.45, 2.75) is 18.9 Å². The van der Waals surface area contributed by atoms with E-state index in [1.807, 2.05) is 0 Å². The van der Waals surface area contributed by atoms with Gasteiger partial charge in [-0.25, -0.2) is 0 Å². The van der Waals surface area contributed by atoms with Crippen molar-refractivity contribution in [2.75, 3.05) is 0 Å². The van der Waals surface area contributed by atoms with Gasteiger partial charge in [0.15, 0.2) is 0 Å². The van der Waals surface area contributed by atoms with Crippen molar-refractivity contribution in [1.29, 1.82) is 0 Å². The molecular formula is C8H7BrN2O3. The Labute approximate surface area is 88.4 Å². The zero-order chi connectivity index (χ0) is 10.1. The highest BCUT2D eigenvalue weighted by Crippen LogP contribution is 2.37. The van der Waals surface area contributed by atoms with Gasteiger partial charge < -0.3 is 4.74 Å². The smallest absolute Gasteiger partial charge is 0.330 e. The minimum atomic E-state index is -0.491. The van der Waals surface area contributed by atoms with Crippen LogP contribution < -0.4 is 4.74 Å². The molecule has 1 aliphatic rings. The molecule has 6 heteroatoms. The third kappa shape index (κ3) is 1.84. The monoisotopic (exact) mass is 258 g/mol. The van der Waals surface area contributed by atoms with Gasteiger partial charge in [0.05, 0.1) is 15.5 Å². The van der Waals surface area contributed by atoms with Crippen LogP contribution in [0.25, 0.3) is 0 Å². The molecule has 74 valence electrons. The molecule has 1 aromatic heterocycles. The molecular weight excluding hydrogens is 252 g/mol. The molecule has 1 fully saturated rings. The number of pyridine rings is 1. The second-order valence-corrected chi connectivity index (χ2v) is 3.90. The summed E-state index contributed by atoms with van der Waals surface area (Å²) >= 11 is 3.18. The maximum absolute atomic E-state index is 10.6. The Morgan fingerprint density at radius 3 is 2.86 bits per heavy atom. The van der Waals surface area contributed by atoms with Crippen LogP contribution in [0.1, 0.15) is 12.8 Å². The third-order valence-electron chi connectivity index (χ3n) is 1.84. The first kappa shape index (κ1) is 9.39. The van der Waals surface area contributed by atoms with Crippen molar-refractivity contribution in [3.8, 4) is 5.75 Å². The van der Waals surface area contributed by atoms with Crippen molar-refractivity contribution >= 4 is 21.6 Å². The lowest BCUT2D eigenvalue weighted by Crippen LogP contribution is -2.01. The highest BCUT2D eigenvalue weighted by Gasteiger charge is 2.28. The number of rotatable bonds is 3. The molecule has 5 nitrogen and oxygen atoms in total. The Hall–Kier alpha value is -1.17. The van der Waals surface area contributed by atoms with Gasteiger partial charge in [0.25, 0.3) is 0 Å². The Morgan fingerprint density at radius 2 is 2.29 bits per heavy atom. The predicted octanol–water partition coefficient (Wildman–Crippen LogP) is 2.29. The van der Waals surface area contributed by atoms with E-state index in [-0.39, 0.29) is 17.5 Å².